The SMILES string of the molecule is CN=C(NCCNC(=O)OC(C)(C)C)NCCN(C(C)C)C1CC1.I. The molecule has 1 amide bonds. The summed E-state index contributed by atoms with van der Waals surface area (Å²) in [6.07, 6.45) is 2.24. The van der Waals surface area contributed by atoms with Gasteiger partial charge in [-0.1, -0.05) is 0 Å². The third-order valence-electron chi connectivity index (χ3n) is 3.65. The molecule has 0 heterocycles. The molecular weight excluding hydrogens is 433 g/mol. The number of halogens is 1. The second kappa shape index (κ2) is 11.8. The van der Waals surface area contributed by atoms with Crippen LogP contribution >= 0.6 is 24.0 Å². The molecule has 148 valence electrons. The minimum Gasteiger partial charge on any atom is -0.444 e. The van der Waals surface area contributed by atoms with Crippen molar-refractivity contribution < 1.29 is 9.53 Å². The smallest absolute Gasteiger partial charge is 0.407 e. The van der Waals surface area contributed by atoms with Gasteiger partial charge in [0.15, 0.2) is 5.96 Å². The molecule has 0 bridgehead atoms. The van der Waals surface area contributed by atoms with Crippen molar-refractivity contribution >= 4 is 36.0 Å². The van der Waals surface area contributed by atoms with E-state index in [2.05, 4.69) is 39.7 Å². The van der Waals surface area contributed by atoms with Crippen LogP contribution in [-0.2, 0) is 4.74 Å². The molecule has 1 aliphatic carbocycles. The Kier molecular flexibility index (Phi) is 11.4. The van der Waals surface area contributed by atoms with Crippen molar-refractivity contribution in [1.29, 1.82) is 0 Å². The van der Waals surface area contributed by atoms with Crippen LogP contribution in [0.2, 0.25) is 0 Å². The maximum Gasteiger partial charge on any atom is 0.407 e. The van der Waals surface area contributed by atoms with Gasteiger partial charge in [-0.25, -0.2) is 4.79 Å². The number of nitrogens with one attached hydrogen (secondary N) is 3. The Morgan fingerprint density at radius 2 is 1.72 bits per heavy atom. The van der Waals surface area contributed by atoms with Crippen molar-refractivity contribution in [2.75, 3.05) is 33.2 Å². The van der Waals surface area contributed by atoms with Crippen LogP contribution in [0.15, 0.2) is 4.99 Å². The molecule has 0 aliphatic heterocycles. The van der Waals surface area contributed by atoms with Crippen molar-refractivity contribution in [2.24, 2.45) is 4.99 Å². The molecule has 1 aliphatic rings. The molecule has 1 rings (SSSR count). The van der Waals surface area contributed by atoms with Crippen LogP contribution in [0.4, 0.5) is 4.79 Å². The number of hydrogen-bond acceptors (Lipinski definition) is 4. The molecule has 1 fully saturated rings. The predicted octanol–water partition coefficient (Wildman–Crippen LogP) is 2.17. The van der Waals surface area contributed by atoms with Crippen LogP contribution in [0.3, 0.4) is 0 Å². The van der Waals surface area contributed by atoms with E-state index in [1.165, 1.54) is 12.8 Å². The fourth-order valence-electron chi connectivity index (χ4n) is 2.45. The summed E-state index contributed by atoms with van der Waals surface area (Å²) in [4.78, 5) is 18.3. The van der Waals surface area contributed by atoms with Gasteiger partial charge in [-0.2, -0.15) is 0 Å². The first-order valence-corrected chi connectivity index (χ1v) is 8.90. The van der Waals surface area contributed by atoms with E-state index in [0.29, 0.717) is 19.1 Å². The fraction of sp³-hybridized carbons (Fsp3) is 0.882. The number of amides is 1. The summed E-state index contributed by atoms with van der Waals surface area (Å²) in [5, 5.41) is 9.22. The normalized spacial score (nSPS) is 15.0. The molecular formula is C17H36IN5O2. The lowest BCUT2D eigenvalue weighted by atomic mass is 10.2. The molecule has 0 radical (unpaired) electrons. The Balaban J connectivity index is 0.00000576. The number of carbonyl (C=O) groups is 1. The molecule has 0 aromatic rings. The number of rotatable bonds is 8. The quantitative estimate of drug-likeness (QED) is 0.220. The van der Waals surface area contributed by atoms with Gasteiger partial charge in [0, 0.05) is 45.3 Å². The number of alkyl carbamates (subject to hydrolysis) is 1. The van der Waals surface area contributed by atoms with Gasteiger partial charge in [-0.3, -0.25) is 9.89 Å². The average Bonchev–Trinajstić information content (AvgIpc) is 3.27. The third-order valence-corrected chi connectivity index (χ3v) is 3.65. The first kappa shape index (κ1) is 24.2. The van der Waals surface area contributed by atoms with Crippen LogP contribution in [0.25, 0.3) is 0 Å². The van der Waals surface area contributed by atoms with Gasteiger partial charge in [0.2, 0.25) is 0 Å². The van der Waals surface area contributed by atoms with Crippen LogP contribution in [0, 0.1) is 0 Å². The highest BCUT2D eigenvalue weighted by atomic mass is 127. The van der Waals surface area contributed by atoms with E-state index in [4.69, 9.17) is 4.74 Å². The van der Waals surface area contributed by atoms with Gasteiger partial charge < -0.3 is 20.7 Å². The summed E-state index contributed by atoms with van der Waals surface area (Å²) in [6.45, 7) is 13.0. The van der Waals surface area contributed by atoms with Crippen LogP contribution in [0.5, 0.6) is 0 Å². The van der Waals surface area contributed by atoms with Gasteiger partial charge in [0.25, 0.3) is 0 Å². The molecule has 0 unspecified atom stereocenters. The van der Waals surface area contributed by atoms with Crippen molar-refractivity contribution in [3.63, 3.8) is 0 Å². The van der Waals surface area contributed by atoms with Gasteiger partial charge in [-0.05, 0) is 47.5 Å². The molecule has 8 heteroatoms. The van der Waals surface area contributed by atoms with Crippen molar-refractivity contribution in [3.05, 3.63) is 0 Å². The Morgan fingerprint density at radius 1 is 1.16 bits per heavy atom. The number of guanidine groups is 1. The van der Waals surface area contributed by atoms with E-state index in [1.54, 1.807) is 7.05 Å². The third kappa shape index (κ3) is 11.5. The van der Waals surface area contributed by atoms with E-state index in [0.717, 1.165) is 25.1 Å². The maximum absolute atomic E-state index is 11.5. The highest BCUT2D eigenvalue weighted by Crippen LogP contribution is 2.27. The summed E-state index contributed by atoms with van der Waals surface area (Å²) in [6, 6.07) is 1.34. The number of hydrogen-bond donors (Lipinski definition) is 3. The van der Waals surface area contributed by atoms with E-state index in [9.17, 15) is 4.79 Å². The topological polar surface area (TPSA) is 78.0 Å². The summed E-state index contributed by atoms with van der Waals surface area (Å²) in [7, 11) is 1.75. The molecule has 7 nitrogen and oxygen atoms in total. The highest BCUT2D eigenvalue weighted by molar-refractivity contribution is 14.0. The molecule has 0 saturated heterocycles. The zero-order valence-corrected chi connectivity index (χ0v) is 18.8. The number of ether oxygens (including phenoxy) is 1. The van der Waals surface area contributed by atoms with E-state index in [-0.39, 0.29) is 24.0 Å². The number of nitrogens with zero attached hydrogens (tertiary/aromatic N) is 2. The Labute approximate surface area is 169 Å². The van der Waals surface area contributed by atoms with Gasteiger partial charge in [0.05, 0.1) is 0 Å². The van der Waals surface area contributed by atoms with Crippen molar-refractivity contribution in [1.82, 2.24) is 20.9 Å². The lowest BCUT2D eigenvalue weighted by Crippen LogP contribution is -2.45. The van der Waals surface area contributed by atoms with E-state index >= 15 is 0 Å². The maximum atomic E-state index is 11.5. The van der Waals surface area contributed by atoms with Crippen LogP contribution < -0.4 is 16.0 Å². The molecule has 0 aromatic carbocycles. The van der Waals surface area contributed by atoms with Gasteiger partial charge in [0.1, 0.15) is 5.60 Å². The monoisotopic (exact) mass is 469 g/mol. The Hall–Kier alpha value is -0.770. The van der Waals surface area contributed by atoms with Crippen LogP contribution in [-0.4, -0.2) is 67.9 Å². The molecule has 0 aromatic heterocycles. The molecule has 0 atom stereocenters. The molecule has 0 spiro atoms. The van der Waals surface area contributed by atoms with Gasteiger partial charge in [-0.15, -0.1) is 24.0 Å². The van der Waals surface area contributed by atoms with Gasteiger partial charge >= 0.3 is 6.09 Å². The zero-order chi connectivity index (χ0) is 18.2. The fourth-order valence-corrected chi connectivity index (χ4v) is 2.45. The van der Waals surface area contributed by atoms with E-state index < -0.39 is 11.7 Å². The number of aliphatic imine (C=N–C) groups is 1. The zero-order valence-electron chi connectivity index (χ0n) is 16.5. The minimum absolute atomic E-state index is 0. The lowest BCUT2D eigenvalue weighted by Gasteiger charge is -2.26. The average molecular weight is 469 g/mol. The largest absolute Gasteiger partial charge is 0.444 e. The second-order valence-corrected chi connectivity index (χ2v) is 7.42. The Bertz CT molecular complexity index is 418. The van der Waals surface area contributed by atoms with Crippen molar-refractivity contribution in [2.45, 2.75) is 65.1 Å². The first-order valence-electron chi connectivity index (χ1n) is 8.90. The molecule has 25 heavy (non-hydrogen) atoms. The second-order valence-electron chi connectivity index (χ2n) is 7.42. The standard InChI is InChI=1S/C17H35N5O2.HI/c1-13(2)22(14-7-8-14)12-11-20-15(18-6)19-9-10-21-16(23)24-17(3,4)5;/h13-14H,7-12H2,1-6H3,(H,21,23)(H2,18,19,20);1H. The van der Waals surface area contributed by atoms with E-state index in [1.807, 2.05) is 20.8 Å². The number of carbonyl (C=O) groups excluding carboxylic acids is 1. The van der Waals surface area contributed by atoms with Crippen LogP contribution in [0.1, 0.15) is 47.5 Å². The van der Waals surface area contributed by atoms with Crippen molar-refractivity contribution in [3.8, 4) is 0 Å². The molecule has 3 N–H and O–H groups in total. The first-order chi connectivity index (χ1) is 11.2. The molecule has 1 saturated carbocycles. The minimum atomic E-state index is -0.473. The summed E-state index contributed by atoms with van der Waals surface area (Å²) < 4.78 is 5.18. The summed E-state index contributed by atoms with van der Waals surface area (Å²) in [5.74, 6) is 0.750. The highest BCUT2D eigenvalue weighted by Gasteiger charge is 2.30. The summed E-state index contributed by atoms with van der Waals surface area (Å²) >= 11 is 0. The predicted molar refractivity (Wildman–Crippen MR) is 114 cm³/mol. The summed E-state index contributed by atoms with van der Waals surface area (Å²) in [5.41, 5.74) is -0.473. The lowest BCUT2D eigenvalue weighted by molar-refractivity contribution is 0.0529. The Morgan fingerprint density at radius 3 is 2.20 bits per heavy atom.